The third kappa shape index (κ3) is 5.77. The van der Waals surface area contributed by atoms with Crippen molar-refractivity contribution in [3.63, 3.8) is 0 Å². The van der Waals surface area contributed by atoms with Crippen LogP contribution in [0.25, 0.3) is 21.5 Å². The topological polar surface area (TPSA) is 91.0 Å². The molecule has 0 radical (unpaired) electrons. The lowest BCUT2D eigenvalue weighted by Crippen LogP contribution is -1.85. The fraction of sp³-hybridized carbons (Fsp3) is 0.0667. The number of phenols is 2. The van der Waals surface area contributed by atoms with Gasteiger partial charge in [-0.2, -0.15) is 0 Å². The van der Waals surface area contributed by atoms with E-state index >= 15 is 0 Å². The van der Waals surface area contributed by atoms with Crippen LogP contribution >= 0.6 is 22.7 Å². The summed E-state index contributed by atoms with van der Waals surface area (Å²) in [6.07, 6.45) is 6.94. The molecule has 188 valence electrons. The maximum absolute atomic E-state index is 9.98. The normalized spacial score (nSPS) is 11.4. The van der Waals surface area contributed by atoms with E-state index < -0.39 is 0 Å². The summed E-state index contributed by atoms with van der Waals surface area (Å²) >= 11 is 3.06. The maximum Gasteiger partial charge on any atom is 0.209 e. The SMILES string of the molecule is Cc1cnc(/N=C/c2c(O)ccc3ccccc23)s1.Cc1cnc(/N=C/c2c(O)ccc3ccccc23)s1. The van der Waals surface area contributed by atoms with Crippen LogP contribution in [0.3, 0.4) is 0 Å². The highest BCUT2D eigenvalue weighted by Crippen LogP contribution is 2.28. The molecule has 0 aliphatic carbocycles. The van der Waals surface area contributed by atoms with Crippen molar-refractivity contribution >= 4 is 66.9 Å². The average molecular weight is 537 g/mol. The van der Waals surface area contributed by atoms with Crippen molar-refractivity contribution in [1.29, 1.82) is 0 Å². The van der Waals surface area contributed by atoms with Crippen molar-refractivity contribution in [2.75, 3.05) is 0 Å². The Kier molecular flexibility index (Phi) is 7.53. The molecular weight excluding hydrogens is 512 g/mol. The zero-order valence-electron chi connectivity index (χ0n) is 20.7. The van der Waals surface area contributed by atoms with Gasteiger partial charge >= 0.3 is 0 Å². The number of aliphatic imine (C=N–C) groups is 2. The highest BCUT2D eigenvalue weighted by atomic mass is 32.1. The lowest BCUT2D eigenvalue weighted by Gasteiger charge is -2.03. The second-order valence-corrected chi connectivity index (χ2v) is 10.9. The summed E-state index contributed by atoms with van der Waals surface area (Å²) in [7, 11) is 0. The molecule has 0 unspecified atom stereocenters. The minimum Gasteiger partial charge on any atom is -0.507 e. The predicted octanol–water partition coefficient (Wildman–Crippen LogP) is 8.12. The van der Waals surface area contributed by atoms with Crippen LogP contribution in [-0.4, -0.2) is 32.6 Å². The van der Waals surface area contributed by atoms with E-state index in [9.17, 15) is 10.2 Å². The van der Waals surface area contributed by atoms with Crippen LogP contribution in [0.15, 0.2) is 95.2 Å². The first-order chi connectivity index (χ1) is 18.5. The standard InChI is InChI=1S/2C15H12N2OS/c2*1-10-8-16-15(19-10)17-9-13-12-5-3-2-4-11(12)6-7-14(13)18/h2*2-9,18H,1H3/b2*17-9+. The Balaban J connectivity index is 0.000000155. The first-order valence-corrected chi connectivity index (χ1v) is 13.5. The summed E-state index contributed by atoms with van der Waals surface area (Å²) < 4.78 is 0. The summed E-state index contributed by atoms with van der Waals surface area (Å²) in [5, 5.41) is 25.5. The Morgan fingerprint density at radius 1 is 0.605 bits per heavy atom. The van der Waals surface area contributed by atoms with Gasteiger partial charge in [-0.05, 0) is 47.5 Å². The van der Waals surface area contributed by atoms with Gasteiger partial charge in [0.25, 0.3) is 0 Å². The van der Waals surface area contributed by atoms with Gasteiger partial charge in [0.1, 0.15) is 11.5 Å². The average Bonchev–Trinajstić information content (AvgIpc) is 3.55. The Morgan fingerprint density at radius 2 is 1.03 bits per heavy atom. The van der Waals surface area contributed by atoms with Crippen LogP contribution in [0.2, 0.25) is 0 Å². The summed E-state index contributed by atoms with van der Waals surface area (Å²) in [6.45, 7) is 3.98. The number of hydrogen-bond donors (Lipinski definition) is 2. The molecule has 6 nitrogen and oxygen atoms in total. The molecule has 6 rings (SSSR count). The zero-order valence-corrected chi connectivity index (χ0v) is 22.4. The molecule has 0 fully saturated rings. The molecule has 0 bridgehead atoms. The lowest BCUT2D eigenvalue weighted by molar-refractivity contribution is 0.475. The van der Waals surface area contributed by atoms with E-state index in [1.165, 1.54) is 22.7 Å². The smallest absolute Gasteiger partial charge is 0.209 e. The fourth-order valence-corrected chi connectivity index (χ4v) is 5.09. The first kappa shape index (κ1) is 25.3. The highest BCUT2D eigenvalue weighted by molar-refractivity contribution is 7.15. The molecule has 0 aliphatic heterocycles. The molecule has 0 aliphatic rings. The molecule has 0 saturated heterocycles. The Labute approximate surface area is 228 Å². The number of nitrogens with zero attached hydrogens (tertiary/aromatic N) is 4. The zero-order chi connectivity index (χ0) is 26.5. The predicted molar refractivity (Wildman–Crippen MR) is 159 cm³/mol. The number of aromatic nitrogens is 2. The van der Waals surface area contributed by atoms with E-state index in [-0.39, 0.29) is 11.5 Å². The van der Waals surface area contributed by atoms with Crippen molar-refractivity contribution in [3.05, 3.63) is 106 Å². The molecule has 2 aromatic heterocycles. The number of thiazole rings is 2. The van der Waals surface area contributed by atoms with Crippen LogP contribution in [-0.2, 0) is 0 Å². The van der Waals surface area contributed by atoms with Crippen molar-refractivity contribution in [1.82, 2.24) is 9.97 Å². The van der Waals surface area contributed by atoms with Crippen molar-refractivity contribution in [2.45, 2.75) is 13.8 Å². The molecule has 6 aromatic rings. The number of phenolic OH excluding ortho intramolecular Hbond substituents is 2. The van der Waals surface area contributed by atoms with Crippen molar-refractivity contribution in [3.8, 4) is 11.5 Å². The quantitative estimate of drug-likeness (QED) is 0.223. The Morgan fingerprint density at radius 3 is 1.42 bits per heavy atom. The minimum atomic E-state index is 0.232. The van der Waals surface area contributed by atoms with E-state index in [2.05, 4.69) is 20.0 Å². The monoisotopic (exact) mass is 536 g/mol. The van der Waals surface area contributed by atoms with Crippen LogP contribution in [0.5, 0.6) is 11.5 Å². The van der Waals surface area contributed by atoms with Gasteiger partial charge in [-0.15, -0.1) is 22.7 Å². The second-order valence-electron chi connectivity index (χ2n) is 8.46. The summed E-state index contributed by atoms with van der Waals surface area (Å²) in [6, 6.07) is 23.0. The molecule has 4 aromatic carbocycles. The summed E-state index contributed by atoms with van der Waals surface area (Å²) in [4.78, 5) is 19.3. The van der Waals surface area contributed by atoms with Gasteiger partial charge in [0.2, 0.25) is 10.3 Å². The largest absolute Gasteiger partial charge is 0.507 e. The van der Waals surface area contributed by atoms with Gasteiger partial charge in [0.05, 0.1) is 0 Å². The highest BCUT2D eigenvalue weighted by Gasteiger charge is 2.06. The van der Waals surface area contributed by atoms with Gasteiger partial charge in [-0.1, -0.05) is 60.7 Å². The minimum absolute atomic E-state index is 0.232. The Bertz CT molecular complexity index is 1650. The lowest BCUT2D eigenvalue weighted by atomic mass is 10.0. The van der Waals surface area contributed by atoms with Gasteiger partial charge < -0.3 is 10.2 Å². The van der Waals surface area contributed by atoms with Gasteiger partial charge in [-0.25, -0.2) is 20.0 Å². The number of aryl methyl sites for hydroxylation is 2. The number of benzene rings is 4. The molecule has 2 N–H and O–H groups in total. The fourth-order valence-electron chi connectivity index (χ4n) is 3.88. The number of aromatic hydroxyl groups is 2. The maximum atomic E-state index is 9.98. The van der Waals surface area contributed by atoms with Crippen LogP contribution < -0.4 is 0 Å². The van der Waals surface area contributed by atoms with E-state index in [1.54, 1.807) is 37.0 Å². The Hall–Kier alpha value is -4.40. The van der Waals surface area contributed by atoms with Gasteiger partial charge in [0.15, 0.2) is 0 Å². The molecule has 0 saturated carbocycles. The second kappa shape index (κ2) is 11.3. The molecular formula is C30H24N4O2S2. The van der Waals surface area contributed by atoms with E-state index in [0.717, 1.165) is 42.4 Å². The molecule has 0 spiro atoms. The summed E-state index contributed by atoms with van der Waals surface area (Å²) in [5.41, 5.74) is 1.46. The van der Waals surface area contributed by atoms with E-state index in [1.807, 2.05) is 74.5 Å². The number of rotatable bonds is 4. The number of hydrogen-bond acceptors (Lipinski definition) is 8. The van der Waals surface area contributed by atoms with Crippen LogP contribution in [0.1, 0.15) is 20.9 Å². The number of fused-ring (bicyclic) bond motifs is 2. The first-order valence-electron chi connectivity index (χ1n) is 11.8. The third-order valence-electron chi connectivity index (χ3n) is 5.72. The molecule has 8 heteroatoms. The van der Waals surface area contributed by atoms with Crippen LogP contribution in [0, 0.1) is 13.8 Å². The third-order valence-corrected chi connectivity index (χ3v) is 7.36. The van der Waals surface area contributed by atoms with Gasteiger partial charge in [0, 0.05) is 45.7 Å². The van der Waals surface area contributed by atoms with Crippen LogP contribution in [0.4, 0.5) is 10.3 Å². The van der Waals surface area contributed by atoms with E-state index in [0.29, 0.717) is 10.3 Å². The van der Waals surface area contributed by atoms with Gasteiger partial charge in [-0.3, -0.25) is 0 Å². The van der Waals surface area contributed by atoms with Crippen molar-refractivity contribution in [2.24, 2.45) is 9.98 Å². The van der Waals surface area contributed by atoms with E-state index in [4.69, 9.17) is 0 Å². The summed E-state index contributed by atoms with van der Waals surface area (Å²) in [5.74, 6) is 0.464. The van der Waals surface area contributed by atoms with Crippen molar-refractivity contribution < 1.29 is 10.2 Å². The molecule has 2 heterocycles. The molecule has 0 atom stereocenters. The molecule has 38 heavy (non-hydrogen) atoms. The molecule has 0 amide bonds.